The Morgan fingerprint density at radius 2 is 1.69 bits per heavy atom. The van der Waals surface area contributed by atoms with Gasteiger partial charge < -0.3 is 9.15 Å². The molecular formula is C27H21ClO4. The van der Waals surface area contributed by atoms with Gasteiger partial charge in [0.15, 0.2) is 5.76 Å². The summed E-state index contributed by atoms with van der Waals surface area (Å²) in [4.78, 5) is 26.0. The van der Waals surface area contributed by atoms with Gasteiger partial charge in [-0.05, 0) is 55.7 Å². The van der Waals surface area contributed by atoms with Crippen molar-refractivity contribution in [3.63, 3.8) is 0 Å². The molecule has 0 aliphatic carbocycles. The van der Waals surface area contributed by atoms with Crippen LogP contribution in [-0.4, -0.2) is 5.97 Å². The van der Waals surface area contributed by atoms with Crippen LogP contribution in [0, 0.1) is 20.8 Å². The third-order valence-electron chi connectivity index (χ3n) is 5.10. The highest BCUT2D eigenvalue weighted by Crippen LogP contribution is 2.33. The zero-order valence-electron chi connectivity index (χ0n) is 17.9. The fourth-order valence-electron chi connectivity index (χ4n) is 3.52. The van der Waals surface area contributed by atoms with Gasteiger partial charge >= 0.3 is 5.97 Å². The number of hydrogen-bond donors (Lipinski definition) is 0. The Morgan fingerprint density at radius 1 is 0.969 bits per heavy atom. The molecule has 0 bridgehead atoms. The van der Waals surface area contributed by atoms with Crippen LogP contribution in [0.2, 0.25) is 5.02 Å². The predicted octanol–water partition coefficient (Wildman–Crippen LogP) is 6.66. The van der Waals surface area contributed by atoms with Crippen molar-refractivity contribution >= 4 is 34.6 Å². The molecule has 0 fully saturated rings. The van der Waals surface area contributed by atoms with Gasteiger partial charge in [-0.15, -0.1) is 0 Å². The van der Waals surface area contributed by atoms with E-state index in [2.05, 4.69) is 0 Å². The third-order valence-corrected chi connectivity index (χ3v) is 5.44. The molecular weight excluding hydrogens is 424 g/mol. The fourth-order valence-corrected chi connectivity index (χ4v) is 3.72. The van der Waals surface area contributed by atoms with Crippen molar-refractivity contribution in [2.75, 3.05) is 0 Å². The van der Waals surface area contributed by atoms with E-state index >= 15 is 0 Å². The lowest BCUT2D eigenvalue weighted by Gasteiger charge is -2.12. The summed E-state index contributed by atoms with van der Waals surface area (Å²) in [6.45, 7) is 5.75. The molecule has 4 aromatic rings. The van der Waals surface area contributed by atoms with Gasteiger partial charge in [0, 0.05) is 16.7 Å². The molecule has 0 atom stereocenters. The quantitative estimate of drug-likeness (QED) is 0.261. The maximum absolute atomic E-state index is 13.4. The van der Waals surface area contributed by atoms with E-state index in [1.807, 2.05) is 57.2 Å². The summed E-state index contributed by atoms with van der Waals surface area (Å²) < 4.78 is 11.7. The van der Waals surface area contributed by atoms with Gasteiger partial charge in [-0.1, -0.05) is 65.7 Å². The van der Waals surface area contributed by atoms with E-state index in [9.17, 15) is 9.59 Å². The zero-order valence-corrected chi connectivity index (χ0v) is 18.7. The van der Waals surface area contributed by atoms with Crippen LogP contribution < -0.4 is 10.2 Å². The summed E-state index contributed by atoms with van der Waals surface area (Å²) in [5, 5.41) is 0.879. The van der Waals surface area contributed by atoms with Gasteiger partial charge in [-0.2, -0.15) is 0 Å². The van der Waals surface area contributed by atoms with Crippen molar-refractivity contribution in [1.82, 2.24) is 0 Å². The number of ether oxygens (including phenoxy) is 1. The summed E-state index contributed by atoms with van der Waals surface area (Å²) in [6, 6.07) is 18.3. The first-order valence-corrected chi connectivity index (χ1v) is 10.5. The minimum atomic E-state index is -0.700. The van der Waals surface area contributed by atoms with E-state index in [1.165, 1.54) is 6.08 Å². The van der Waals surface area contributed by atoms with Crippen molar-refractivity contribution in [2.24, 2.45) is 0 Å². The first-order valence-electron chi connectivity index (χ1n) is 10.1. The van der Waals surface area contributed by atoms with Crippen LogP contribution >= 0.6 is 11.6 Å². The second-order valence-corrected chi connectivity index (χ2v) is 8.10. The average Bonchev–Trinajstić information content (AvgIpc) is 2.76. The highest BCUT2D eigenvalue weighted by Gasteiger charge is 2.21. The van der Waals surface area contributed by atoms with E-state index in [0.29, 0.717) is 27.1 Å². The summed E-state index contributed by atoms with van der Waals surface area (Å²) in [5.41, 5.74) is 4.21. The molecule has 4 nitrogen and oxygen atoms in total. The number of aryl methyl sites for hydroxylation is 3. The van der Waals surface area contributed by atoms with Gasteiger partial charge in [-0.3, -0.25) is 4.79 Å². The molecule has 0 amide bonds. The Balaban J connectivity index is 1.83. The van der Waals surface area contributed by atoms with Crippen LogP contribution in [0.15, 0.2) is 76.0 Å². The molecule has 0 aliphatic heterocycles. The van der Waals surface area contributed by atoms with E-state index in [4.69, 9.17) is 20.8 Å². The maximum atomic E-state index is 13.4. The SMILES string of the molecule is Cc1ccc(-c2oc3c(C)cc(C)cc3c(=O)c2OC(=O)/C=C/c2ccccc2Cl)cc1. The van der Waals surface area contributed by atoms with Gasteiger partial charge in [0.05, 0.1) is 5.39 Å². The molecule has 32 heavy (non-hydrogen) atoms. The maximum Gasteiger partial charge on any atom is 0.336 e. The van der Waals surface area contributed by atoms with E-state index in [1.54, 1.807) is 30.3 Å². The molecule has 1 heterocycles. The average molecular weight is 445 g/mol. The fraction of sp³-hybridized carbons (Fsp3) is 0.111. The molecule has 0 N–H and O–H groups in total. The minimum Gasteiger partial charge on any atom is -0.452 e. The summed E-state index contributed by atoms with van der Waals surface area (Å²) in [7, 11) is 0. The van der Waals surface area contributed by atoms with Gasteiger partial charge in [0.2, 0.25) is 11.2 Å². The number of benzene rings is 3. The first-order chi connectivity index (χ1) is 15.3. The normalized spacial score (nSPS) is 11.2. The third kappa shape index (κ3) is 4.36. The predicted molar refractivity (Wildman–Crippen MR) is 128 cm³/mol. The number of fused-ring (bicyclic) bond motifs is 1. The van der Waals surface area contributed by atoms with Crippen LogP contribution in [0.4, 0.5) is 0 Å². The Kier molecular flexibility index (Phi) is 5.97. The molecule has 3 aromatic carbocycles. The van der Waals surface area contributed by atoms with Crippen molar-refractivity contribution in [3.8, 4) is 17.1 Å². The van der Waals surface area contributed by atoms with Crippen molar-refractivity contribution in [2.45, 2.75) is 20.8 Å². The zero-order chi connectivity index (χ0) is 22.8. The summed E-state index contributed by atoms with van der Waals surface area (Å²) in [6.07, 6.45) is 2.79. The number of halogens is 1. The van der Waals surface area contributed by atoms with Gasteiger partial charge in [-0.25, -0.2) is 4.79 Å². The van der Waals surface area contributed by atoms with Crippen LogP contribution in [0.5, 0.6) is 5.75 Å². The van der Waals surface area contributed by atoms with E-state index < -0.39 is 11.4 Å². The lowest BCUT2D eigenvalue weighted by molar-refractivity contribution is -0.129. The number of carbonyl (C=O) groups is 1. The molecule has 0 aliphatic rings. The second-order valence-electron chi connectivity index (χ2n) is 7.69. The Labute approximate surface area is 190 Å². The summed E-state index contributed by atoms with van der Waals surface area (Å²) in [5.74, 6) is -0.622. The number of hydrogen-bond acceptors (Lipinski definition) is 4. The molecule has 0 radical (unpaired) electrons. The Hall–Kier alpha value is -3.63. The largest absolute Gasteiger partial charge is 0.452 e. The molecule has 0 spiro atoms. The highest BCUT2D eigenvalue weighted by atomic mass is 35.5. The standard InChI is InChI=1S/C27H21ClO4/c1-16-8-10-20(11-9-16)26-27(24(30)21-15-17(2)14-18(3)25(21)32-26)31-23(29)13-12-19-6-4-5-7-22(19)28/h4-15H,1-3H3/b13-12+. The molecule has 160 valence electrons. The topological polar surface area (TPSA) is 56.5 Å². The van der Waals surface area contributed by atoms with Gasteiger partial charge in [0.25, 0.3) is 0 Å². The second kappa shape index (κ2) is 8.85. The van der Waals surface area contributed by atoms with Crippen LogP contribution in [0.1, 0.15) is 22.3 Å². The van der Waals surface area contributed by atoms with Crippen LogP contribution in [0.25, 0.3) is 28.4 Å². The van der Waals surface area contributed by atoms with E-state index in [0.717, 1.165) is 16.7 Å². The van der Waals surface area contributed by atoms with Crippen molar-refractivity contribution in [1.29, 1.82) is 0 Å². The number of carbonyl (C=O) groups excluding carboxylic acids is 1. The van der Waals surface area contributed by atoms with Crippen LogP contribution in [0.3, 0.4) is 0 Å². The van der Waals surface area contributed by atoms with E-state index in [-0.39, 0.29) is 11.5 Å². The molecule has 0 saturated carbocycles. The van der Waals surface area contributed by atoms with Crippen molar-refractivity contribution < 1.29 is 13.9 Å². The summed E-state index contributed by atoms with van der Waals surface area (Å²) >= 11 is 6.14. The highest BCUT2D eigenvalue weighted by molar-refractivity contribution is 6.32. The number of rotatable bonds is 4. The first kappa shape index (κ1) is 21.6. The number of esters is 1. The molecule has 1 aromatic heterocycles. The Bertz CT molecular complexity index is 1410. The monoisotopic (exact) mass is 444 g/mol. The van der Waals surface area contributed by atoms with Crippen LogP contribution in [-0.2, 0) is 4.79 Å². The van der Waals surface area contributed by atoms with Crippen molar-refractivity contribution in [3.05, 3.63) is 104 Å². The molecule has 0 saturated heterocycles. The smallest absolute Gasteiger partial charge is 0.336 e. The van der Waals surface area contributed by atoms with Gasteiger partial charge in [0.1, 0.15) is 5.58 Å². The lowest BCUT2D eigenvalue weighted by atomic mass is 10.0. The minimum absolute atomic E-state index is 0.139. The molecule has 5 heteroatoms. The molecule has 0 unspecified atom stereocenters. The lowest BCUT2D eigenvalue weighted by Crippen LogP contribution is -2.14. The molecule has 4 rings (SSSR count). The Morgan fingerprint density at radius 3 is 2.41 bits per heavy atom.